The highest BCUT2D eigenvalue weighted by Gasteiger charge is 2.50. The van der Waals surface area contributed by atoms with Crippen LogP contribution in [0, 0.1) is 0 Å². The summed E-state index contributed by atoms with van der Waals surface area (Å²) >= 11 is 10.3. The second kappa shape index (κ2) is 3.58. The maximum Gasteiger partial charge on any atom is 0.164 e. The lowest BCUT2D eigenvalue weighted by Gasteiger charge is -2.46. The molecule has 3 unspecified atom stereocenters. The number of hydrogen-bond donors (Lipinski definition) is 1. The SMILES string of the molecule is CC1(C)NC(C)(Br)C(Br)C(=O)C1Br. The Labute approximate surface area is 104 Å². The maximum atomic E-state index is 11.8. The lowest BCUT2D eigenvalue weighted by Crippen LogP contribution is -2.68. The fraction of sp³-hybridized carbons (Fsp3) is 0.875. The minimum atomic E-state index is -0.377. The molecule has 0 aromatic heterocycles. The predicted molar refractivity (Wildman–Crippen MR) is 65.0 cm³/mol. The molecule has 0 amide bonds. The van der Waals surface area contributed by atoms with Gasteiger partial charge in [-0.25, -0.2) is 0 Å². The molecule has 1 rings (SSSR count). The molecule has 0 aromatic carbocycles. The van der Waals surface area contributed by atoms with Crippen molar-refractivity contribution in [3.8, 4) is 0 Å². The third kappa shape index (κ3) is 2.19. The average Bonchev–Trinajstić information content (AvgIpc) is 1.96. The Kier molecular flexibility index (Phi) is 3.34. The summed E-state index contributed by atoms with van der Waals surface area (Å²) in [5.41, 5.74) is -0.237. The number of carbonyl (C=O) groups is 1. The lowest BCUT2D eigenvalue weighted by molar-refractivity contribution is -0.121. The largest absolute Gasteiger partial charge is 0.297 e. The first-order valence-electron chi connectivity index (χ1n) is 3.98. The van der Waals surface area contributed by atoms with Gasteiger partial charge in [0.15, 0.2) is 5.78 Å². The Hall–Kier alpha value is 1.07. The fourth-order valence-electron chi connectivity index (χ4n) is 1.51. The van der Waals surface area contributed by atoms with Gasteiger partial charge in [-0.3, -0.25) is 10.1 Å². The number of alkyl halides is 3. The standard InChI is InChI=1S/C8H12Br3NO/c1-7(2)5(9)4(13)6(10)8(3,11)12-7/h5-6,12H,1-3H3. The van der Waals surface area contributed by atoms with Crippen LogP contribution in [0.15, 0.2) is 0 Å². The molecule has 5 heteroatoms. The molecule has 0 aliphatic carbocycles. The van der Waals surface area contributed by atoms with Gasteiger partial charge in [0.05, 0.1) is 9.28 Å². The molecule has 0 radical (unpaired) electrons. The van der Waals surface area contributed by atoms with Crippen LogP contribution in [0.1, 0.15) is 20.8 Å². The molecular weight excluding hydrogens is 366 g/mol. The van der Waals surface area contributed by atoms with E-state index in [2.05, 4.69) is 53.1 Å². The van der Waals surface area contributed by atoms with E-state index in [9.17, 15) is 4.79 Å². The van der Waals surface area contributed by atoms with Gasteiger partial charge in [0.25, 0.3) is 0 Å². The first-order chi connectivity index (χ1) is 5.68. The van der Waals surface area contributed by atoms with Crippen molar-refractivity contribution in [1.82, 2.24) is 5.32 Å². The Morgan fingerprint density at radius 3 is 2.15 bits per heavy atom. The predicted octanol–water partition coefficient (Wildman–Crippen LogP) is 2.58. The van der Waals surface area contributed by atoms with Crippen molar-refractivity contribution in [2.24, 2.45) is 0 Å². The summed E-state index contributed by atoms with van der Waals surface area (Å²) in [6, 6.07) is 0. The van der Waals surface area contributed by atoms with Crippen molar-refractivity contribution in [1.29, 1.82) is 0 Å². The second-order valence-electron chi connectivity index (χ2n) is 4.05. The zero-order valence-electron chi connectivity index (χ0n) is 7.70. The Balaban J connectivity index is 3.00. The highest BCUT2D eigenvalue weighted by molar-refractivity contribution is 9.13. The highest BCUT2D eigenvalue weighted by Crippen LogP contribution is 2.38. The first kappa shape index (κ1) is 12.1. The zero-order chi connectivity index (χ0) is 10.4. The van der Waals surface area contributed by atoms with Crippen LogP contribution in [-0.2, 0) is 4.79 Å². The average molecular weight is 378 g/mol. The van der Waals surface area contributed by atoms with Crippen LogP contribution >= 0.6 is 47.8 Å². The van der Waals surface area contributed by atoms with E-state index in [1.807, 2.05) is 20.8 Å². The Bertz CT molecular complexity index is 218. The van der Waals surface area contributed by atoms with E-state index in [1.165, 1.54) is 0 Å². The van der Waals surface area contributed by atoms with Gasteiger partial charge < -0.3 is 0 Å². The third-order valence-corrected chi connectivity index (χ3v) is 6.41. The van der Waals surface area contributed by atoms with Crippen LogP contribution in [0.25, 0.3) is 0 Å². The van der Waals surface area contributed by atoms with Gasteiger partial charge in [0.2, 0.25) is 0 Å². The summed E-state index contributed by atoms with van der Waals surface area (Å²) in [7, 11) is 0. The van der Waals surface area contributed by atoms with Crippen molar-refractivity contribution in [3.63, 3.8) is 0 Å². The molecule has 1 heterocycles. The molecule has 76 valence electrons. The number of hydrogen-bond acceptors (Lipinski definition) is 2. The molecular formula is C8H12Br3NO. The summed E-state index contributed by atoms with van der Waals surface area (Å²) in [6.45, 7) is 5.95. The molecule has 0 aromatic rings. The number of Topliss-reactive ketones (excluding diaryl/α,β-unsaturated/α-hetero) is 1. The molecule has 13 heavy (non-hydrogen) atoms. The number of carbonyl (C=O) groups excluding carboxylic acids is 1. The molecule has 3 atom stereocenters. The van der Waals surface area contributed by atoms with Crippen molar-refractivity contribution in [2.45, 2.75) is 40.4 Å². The topological polar surface area (TPSA) is 29.1 Å². The number of piperidine rings is 1. The minimum absolute atomic E-state index is 0.157. The van der Waals surface area contributed by atoms with Gasteiger partial charge in [-0.15, -0.1) is 0 Å². The van der Waals surface area contributed by atoms with Crippen LogP contribution in [0.5, 0.6) is 0 Å². The number of nitrogens with one attached hydrogen (secondary N) is 1. The summed E-state index contributed by atoms with van der Waals surface area (Å²) in [5.74, 6) is 0.170. The van der Waals surface area contributed by atoms with Gasteiger partial charge in [-0.2, -0.15) is 0 Å². The minimum Gasteiger partial charge on any atom is -0.297 e. The van der Waals surface area contributed by atoms with Crippen molar-refractivity contribution < 1.29 is 4.79 Å². The van der Waals surface area contributed by atoms with Crippen LogP contribution in [-0.4, -0.2) is 25.4 Å². The number of halogens is 3. The van der Waals surface area contributed by atoms with Crippen LogP contribution in [0.4, 0.5) is 0 Å². The van der Waals surface area contributed by atoms with E-state index in [-0.39, 0.29) is 25.4 Å². The van der Waals surface area contributed by atoms with E-state index < -0.39 is 0 Å². The molecule has 1 saturated heterocycles. The van der Waals surface area contributed by atoms with E-state index >= 15 is 0 Å². The Morgan fingerprint density at radius 1 is 1.23 bits per heavy atom. The first-order valence-corrected chi connectivity index (χ1v) is 6.61. The lowest BCUT2D eigenvalue weighted by atomic mass is 9.88. The Morgan fingerprint density at radius 2 is 1.69 bits per heavy atom. The molecule has 0 spiro atoms. The van der Waals surface area contributed by atoms with Gasteiger partial charge >= 0.3 is 0 Å². The van der Waals surface area contributed by atoms with Crippen LogP contribution in [0.2, 0.25) is 0 Å². The van der Waals surface area contributed by atoms with Crippen LogP contribution in [0.3, 0.4) is 0 Å². The van der Waals surface area contributed by atoms with Crippen molar-refractivity contribution >= 4 is 53.6 Å². The van der Waals surface area contributed by atoms with Crippen molar-refractivity contribution in [2.75, 3.05) is 0 Å². The highest BCUT2D eigenvalue weighted by atomic mass is 79.9. The van der Waals surface area contributed by atoms with Crippen LogP contribution < -0.4 is 5.32 Å². The monoisotopic (exact) mass is 375 g/mol. The molecule has 1 aliphatic heterocycles. The second-order valence-corrected chi connectivity index (χ2v) is 7.53. The fourth-order valence-corrected chi connectivity index (χ4v) is 3.36. The van der Waals surface area contributed by atoms with Gasteiger partial charge in [-0.05, 0) is 20.8 Å². The summed E-state index contributed by atoms with van der Waals surface area (Å²) < 4.78 is -0.377. The van der Waals surface area contributed by atoms with Gasteiger partial charge in [0.1, 0.15) is 4.83 Å². The molecule has 1 N–H and O–H groups in total. The van der Waals surface area contributed by atoms with E-state index in [0.29, 0.717) is 0 Å². The quantitative estimate of drug-likeness (QED) is 0.519. The van der Waals surface area contributed by atoms with E-state index in [0.717, 1.165) is 0 Å². The normalized spacial score (nSPS) is 44.9. The summed E-state index contributed by atoms with van der Waals surface area (Å²) in [6.07, 6.45) is 0. The number of rotatable bonds is 0. The molecule has 1 aliphatic rings. The van der Waals surface area contributed by atoms with Gasteiger partial charge in [0, 0.05) is 5.54 Å². The number of ketones is 1. The van der Waals surface area contributed by atoms with E-state index in [1.54, 1.807) is 0 Å². The smallest absolute Gasteiger partial charge is 0.164 e. The van der Waals surface area contributed by atoms with Crippen molar-refractivity contribution in [3.05, 3.63) is 0 Å². The third-order valence-electron chi connectivity index (χ3n) is 2.18. The summed E-state index contributed by atoms with van der Waals surface area (Å²) in [5, 5.41) is 3.36. The molecule has 0 bridgehead atoms. The zero-order valence-corrected chi connectivity index (χ0v) is 12.5. The van der Waals surface area contributed by atoms with Gasteiger partial charge in [-0.1, -0.05) is 47.8 Å². The van der Waals surface area contributed by atoms with E-state index in [4.69, 9.17) is 0 Å². The molecule has 2 nitrogen and oxygen atoms in total. The molecule has 1 fully saturated rings. The molecule has 0 saturated carbocycles. The maximum absolute atomic E-state index is 11.8. The summed E-state index contributed by atoms with van der Waals surface area (Å²) in [4.78, 5) is 11.4.